The normalized spacial score (nSPS) is 10.6. The summed E-state index contributed by atoms with van der Waals surface area (Å²) in [4.78, 5) is 12.3. The fourth-order valence-electron chi connectivity index (χ4n) is 2.79. The van der Waals surface area contributed by atoms with Crippen molar-refractivity contribution in [1.82, 2.24) is 0 Å². The molecule has 0 atom stereocenters. The van der Waals surface area contributed by atoms with Crippen LogP contribution < -0.4 is 0 Å². The predicted molar refractivity (Wildman–Crippen MR) is 84.2 cm³/mol. The van der Waals surface area contributed by atoms with Crippen molar-refractivity contribution in [2.24, 2.45) is 0 Å². The van der Waals surface area contributed by atoms with Crippen LogP contribution in [-0.4, -0.2) is 5.78 Å². The van der Waals surface area contributed by atoms with Gasteiger partial charge in [-0.05, 0) is 49.9 Å². The van der Waals surface area contributed by atoms with E-state index >= 15 is 0 Å². The average Bonchev–Trinajstić information content (AvgIpc) is 2.32. The third kappa shape index (κ3) is 3.57. The largest absolute Gasteiger partial charge is 0.299 e. The summed E-state index contributed by atoms with van der Waals surface area (Å²) >= 11 is 0. The highest BCUT2D eigenvalue weighted by Crippen LogP contribution is 2.16. The molecule has 2 rings (SSSR count). The minimum Gasteiger partial charge on any atom is -0.299 e. The third-order valence-electron chi connectivity index (χ3n) is 3.70. The van der Waals surface area contributed by atoms with E-state index in [1.54, 1.807) is 0 Å². The summed E-state index contributed by atoms with van der Waals surface area (Å²) < 4.78 is 0. The molecule has 0 amide bonds. The van der Waals surface area contributed by atoms with Gasteiger partial charge in [0.05, 0.1) is 0 Å². The highest BCUT2D eigenvalue weighted by atomic mass is 16.1. The monoisotopic (exact) mass is 266 g/mol. The second-order valence-corrected chi connectivity index (χ2v) is 5.76. The van der Waals surface area contributed by atoms with Crippen LogP contribution in [0.3, 0.4) is 0 Å². The minimum absolute atomic E-state index is 0.285. The zero-order chi connectivity index (χ0) is 14.7. The van der Waals surface area contributed by atoms with E-state index in [1.165, 1.54) is 27.8 Å². The zero-order valence-electron chi connectivity index (χ0n) is 12.8. The Hall–Kier alpha value is -1.89. The topological polar surface area (TPSA) is 17.1 Å². The molecule has 2 aromatic rings. The summed E-state index contributed by atoms with van der Waals surface area (Å²) in [5.74, 6) is 0.285. The maximum atomic E-state index is 12.3. The SMILES string of the molecule is Cc1cc(C)cc(CC(=O)Cc2c(C)cccc2C)c1. The van der Waals surface area contributed by atoms with Crippen molar-refractivity contribution < 1.29 is 4.79 Å². The number of rotatable bonds is 4. The van der Waals surface area contributed by atoms with Gasteiger partial charge >= 0.3 is 0 Å². The molecule has 1 heteroatoms. The van der Waals surface area contributed by atoms with Gasteiger partial charge in [-0.1, -0.05) is 47.5 Å². The Morgan fingerprint density at radius 1 is 0.850 bits per heavy atom. The van der Waals surface area contributed by atoms with Crippen LogP contribution in [0.5, 0.6) is 0 Å². The molecule has 0 N–H and O–H groups in total. The second-order valence-electron chi connectivity index (χ2n) is 5.76. The first-order chi connectivity index (χ1) is 9.45. The lowest BCUT2D eigenvalue weighted by atomic mass is 9.95. The summed E-state index contributed by atoms with van der Waals surface area (Å²) in [6, 6.07) is 12.5. The number of Topliss-reactive ketones (excluding diaryl/α,β-unsaturated/α-hetero) is 1. The first-order valence-corrected chi connectivity index (χ1v) is 7.09. The Bertz CT molecular complexity index is 598. The highest BCUT2D eigenvalue weighted by molar-refractivity contribution is 5.83. The number of hydrogen-bond donors (Lipinski definition) is 0. The van der Waals surface area contributed by atoms with Crippen LogP contribution in [0.1, 0.15) is 33.4 Å². The summed E-state index contributed by atoms with van der Waals surface area (Å²) in [5, 5.41) is 0. The molecule has 0 bridgehead atoms. The van der Waals surface area contributed by atoms with E-state index in [9.17, 15) is 4.79 Å². The molecule has 0 aliphatic heterocycles. The van der Waals surface area contributed by atoms with Crippen LogP contribution in [-0.2, 0) is 17.6 Å². The van der Waals surface area contributed by atoms with Gasteiger partial charge in [0.15, 0.2) is 0 Å². The third-order valence-corrected chi connectivity index (χ3v) is 3.70. The van der Waals surface area contributed by atoms with Crippen molar-refractivity contribution in [3.05, 3.63) is 69.8 Å². The molecule has 0 fully saturated rings. The van der Waals surface area contributed by atoms with Gasteiger partial charge in [0.25, 0.3) is 0 Å². The molecule has 20 heavy (non-hydrogen) atoms. The van der Waals surface area contributed by atoms with Gasteiger partial charge in [0, 0.05) is 12.8 Å². The molecule has 104 valence electrons. The van der Waals surface area contributed by atoms with Crippen molar-refractivity contribution in [1.29, 1.82) is 0 Å². The van der Waals surface area contributed by atoms with E-state index in [-0.39, 0.29) is 5.78 Å². The number of aryl methyl sites for hydroxylation is 4. The van der Waals surface area contributed by atoms with E-state index < -0.39 is 0 Å². The number of hydrogen-bond acceptors (Lipinski definition) is 1. The number of ketones is 1. The van der Waals surface area contributed by atoms with Gasteiger partial charge in [-0.25, -0.2) is 0 Å². The summed E-state index contributed by atoms with van der Waals surface area (Å²) in [6.45, 7) is 8.30. The Morgan fingerprint density at radius 3 is 1.95 bits per heavy atom. The molecule has 1 nitrogen and oxygen atoms in total. The van der Waals surface area contributed by atoms with Crippen LogP contribution in [0.4, 0.5) is 0 Å². The lowest BCUT2D eigenvalue weighted by Crippen LogP contribution is -2.09. The fourth-order valence-corrected chi connectivity index (χ4v) is 2.79. The average molecular weight is 266 g/mol. The second kappa shape index (κ2) is 6.04. The van der Waals surface area contributed by atoms with E-state index in [0.717, 1.165) is 5.56 Å². The van der Waals surface area contributed by atoms with Gasteiger partial charge < -0.3 is 0 Å². The first-order valence-electron chi connectivity index (χ1n) is 7.09. The standard InChI is InChI=1S/C19H22O/c1-13-8-14(2)10-17(9-13)11-18(20)12-19-15(3)6-5-7-16(19)4/h5-10H,11-12H2,1-4H3. The quantitative estimate of drug-likeness (QED) is 0.807. The van der Waals surface area contributed by atoms with Gasteiger partial charge in [-0.15, -0.1) is 0 Å². The molecule has 0 saturated carbocycles. The van der Waals surface area contributed by atoms with Gasteiger partial charge in [0.1, 0.15) is 5.78 Å². The van der Waals surface area contributed by atoms with Gasteiger partial charge in [-0.3, -0.25) is 4.79 Å². The first kappa shape index (κ1) is 14.5. The Labute approximate surface area is 121 Å². The van der Waals surface area contributed by atoms with Crippen LogP contribution in [0, 0.1) is 27.7 Å². The Kier molecular flexibility index (Phi) is 4.39. The van der Waals surface area contributed by atoms with E-state index in [4.69, 9.17) is 0 Å². The summed E-state index contributed by atoms with van der Waals surface area (Å²) in [5.41, 5.74) is 7.16. The number of benzene rings is 2. The molecule has 0 aliphatic rings. The smallest absolute Gasteiger partial charge is 0.141 e. The molecule has 2 aromatic carbocycles. The molecule has 0 heterocycles. The van der Waals surface area contributed by atoms with Crippen molar-refractivity contribution in [3.63, 3.8) is 0 Å². The molecule has 0 aromatic heterocycles. The molecular formula is C19H22O. The molecular weight excluding hydrogens is 244 g/mol. The lowest BCUT2D eigenvalue weighted by Gasteiger charge is -2.09. The van der Waals surface area contributed by atoms with Crippen LogP contribution in [0.25, 0.3) is 0 Å². The Morgan fingerprint density at radius 2 is 1.40 bits per heavy atom. The summed E-state index contributed by atoms with van der Waals surface area (Å²) in [7, 11) is 0. The van der Waals surface area contributed by atoms with Crippen molar-refractivity contribution in [3.8, 4) is 0 Å². The molecule has 0 aliphatic carbocycles. The van der Waals surface area contributed by atoms with Crippen molar-refractivity contribution in [2.75, 3.05) is 0 Å². The zero-order valence-corrected chi connectivity index (χ0v) is 12.8. The maximum absolute atomic E-state index is 12.3. The van der Waals surface area contributed by atoms with E-state index in [1.807, 2.05) is 6.07 Å². The van der Waals surface area contributed by atoms with Crippen LogP contribution >= 0.6 is 0 Å². The molecule has 0 radical (unpaired) electrons. The number of carbonyl (C=O) groups excluding carboxylic acids is 1. The maximum Gasteiger partial charge on any atom is 0.141 e. The summed E-state index contributed by atoms with van der Waals surface area (Å²) in [6.07, 6.45) is 1.06. The Balaban J connectivity index is 2.13. The molecule has 0 unspecified atom stereocenters. The lowest BCUT2D eigenvalue weighted by molar-refractivity contribution is -0.117. The van der Waals surface area contributed by atoms with Crippen molar-refractivity contribution in [2.45, 2.75) is 40.5 Å². The molecule has 0 spiro atoms. The number of carbonyl (C=O) groups is 1. The van der Waals surface area contributed by atoms with E-state index in [0.29, 0.717) is 12.8 Å². The minimum atomic E-state index is 0.285. The molecule has 0 saturated heterocycles. The van der Waals surface area contributed by atoms with Gasteiger partial charge in [-0.2, -0.15) is 0 Å². The van der Waals surface area contributed by atoms with Gasteiger partial charge in [0.2, 0.25) is 0 Å². The highest BCUT2D eigenvalue weighted by Gasteiger charge is 2.10. The predicted octanol–water partition coefficient (Wildman–Crippen LogP) is 4.27. The van der Waals surface area contributed by atoms with E-state index in [2.05, 4.69) is 58.0 Å². The van der Waals surface area contributed by atoms with Crippen LogP contribution in [0.15, 0.2) is 36.4 Å². The van der Waals surface area contributed by atoms with Crippen LogP contribution in [0.2, 0.25) is 0 Å². The van der Waals surface area contributed by atoms with Crippen molar-refractivity contribution >= 4 is 5.78 Å². The fraction of sp³-hybridized carbons (Fsp3) is 0.316.